The van der Waals surface area contributed by atoms with E-state index < -0.39 is 19.2 Å². The second-order valence-electron chi connectivity index (χ2n) is 7.14. The van der Waals surface area contributed by atoms with Crippen LogP contribution in [0.5, 0.6) is 0 Å². The smallest absolute Gasteiger partial charge is 0.449 e. The number of carbonyl (C=O) groups excluding carboxylic acids is 2. The third-order valence-electron chi connectivity index (χ3n) is 4.79. The van der Waals surface area contributed by atoms with Gasteiger partial charge in [-0.05, 0) is 31.7 Å². The second-order valence-corrected chi connectivity index (χ2v) is 7.14. The van der Waals surface area contributed by atoms with Crippen LogP contribution >= 0.6 is 0 Å². The quantitative estimate of drug-likeness (QED) is 0.595. The molecule has 150 valence electrons. The molecule has 0 aromatic heterocycles. The lowest BCUT2D eigenvalue weighted by molar-refractivity contribution is -0.132. The van der Waals surface area contributed by atoms with Gasteiger partial charge in [0.1, 0.15) is 6.42 Å². The first kappa shape index (κ1) is 21.7. The van der Waals surface area contributed by atoms with E-state index in [4.69, 9.17) is 10.00 Å². The number of ether oxygens (including phenoxy) is 1. The predicted molar refractivity (Wildman–Crippen MR) is 103 cm³/mol. The molecule has 0 saturated carbocycles. The SMILES string of the molecule is Cc1ccc(CC(NC(=O)OCC2CCCN(C(=O)CC#N)C2)B(O)O)cc1. The summed E-state index contributed by atoms with van der Waals surface area (Å²) in [5, 5.41) is 30.2. The first-order valence-corrected chi connectivity index (χ1v) is 9.38. The van der Waals surface area contributed by atoms with Gasteiger partial charge >= 0.3 is 13.2 Å². The van der Waals surface area contributed by atoms with Crippen molar-refractivity contribution < 1.29 is 24.4 Å². The summed E-state index contributed by atoms with van der Waals surface area (Å²) < 4.78 is 5.23. The summed E-state index contributed by atoms with van der Waals surface area (Å²) in [4.78, 5) is 25.5. The van der Waals surface area contributed by atoms with Crippen LogP contribution in [0.1, 0.15) is 30.4 Å². The maximum atomic E-state index is 12.1. The van der Waals surface area contributed by atoms with Crippen molar-refractivity contribution in [1.29, 1.82) is 5.26 Å². The van der Waals surface area contributed by atoms with E-state index in [0.29, 0.717) is 13.1 Å². The zero-order valence-electron chi connectivity index (χ0n) is 16.0. The van der Waals surface area contributed by atoms with Crippen molar-refractivity contribution in [1.82, 2.24) is 10.2 Å². The van der Waals surface area contributed by atoms with E-state index in [1.807, 2.05) is 37.3 Å². The molecule has 28 heavy (non-hydrogen) atoms. The summed E-state index contributed by atoms with van der Waals surface area (Å²) in [7, 11) is -1.72. The molecule has 1 aliphatic heterocycles. The van der Waals surface area contributed by atoms with E-state index >= 15 is 0 Å². The summed E-state index contributed by atoms with van der Waals surface area (Å²) in [6.07, 6.45) is 0.985. The molecule has 3 N–H and O–H groups in total. The van der Waals surface area contributed by atoms with Gasteiger partial charge in [-0.25, -0.2) is 4.79 Å². The summed E-state index contributed by atoms with van der Waals surface area (Å²) >= 11 is 0. The number of amides is 2. The molecule has 0 aliphatic carbocycles. The Kier molecular flexibility index (Phi) is 8.29. The van der Waals surface area contributed by atoms with Crippen LogP contribution in [0.2, 0.25) is 0 Å². The molecular weight excluding hydrogens is 361 g/mol. The Bertz CT molecular complexity index is 705. The molecule has 2 amide bonds. The van der Waals surface area contributed by atoms with Crippen LogP contribution in [0.25, 0.3) is 0 Å². The number of nitrogens with zero attached hydrogens (tertiary/aromatic N) is 2. The molecule has 2 atom stereocenters. The highest BCUT2D eigenvalue weighted by Gasteiger charge is 2.28. The fraction of sp³-hybridized carbons (Fsp3) is 0.526. The van der Waals surface area contributed by atoms with Gasteiger partial charge in [-0.2, -0.15) is 5.26 Å². The standard InChI is InChI=1S/C19H26BN3O5/c1-14-4-6-15(7-5-14)11-17(20(26)27)22-19(25)28-13-16-3-2-10-23(12-16)18(24)8-9-21/h4-7,16-17,26-27H,2-3,8,10-13H2,1H3,(H,22,25). The molecule has 0 spiro atoms. The number of rotatable bonds is 7. The van der Waals surface area contributed by atoms with E-state index in [1.54, 1.807) is 4.90 Å². The van der Waals surface area contributed by atoms with Crippen molar-refractivity contribution in [2.45, 2.75) is 38.5 Å². The van der Waals surface area contributed by atoms with Gasteiger partial charge in [0.2, 0.25) is 5.91 Å². The maximum Gasteiger partial charge on any atom is 0.475 e. The monoisotopic (exact) mass is 387 g/mol. The zero-order valence-corrected chi connectivity index (χ0v) is 16.0. The molecule has 0 bridgehead atoms. The van der Waals surface area contributed by atoms with Crippen molar-refractivity contribution in [3.8, 4) is 6.07 Å². The van der Waals surface area contributed by atoms with Crippen molar-refractivity contribution in [3.05, 3.63) is 35.4 Å². The number of carbonyl (C=O) groups is 2. The van der Waals surface area contributed by atoms with Crippen LogP contribution in [0.15, 0.2) is 24.3 Å². The number of benzene rings is 1. The lowest BCUT2D eigenvalue weighted by Crippen LogP contribution is -2.48. The Morgan fingerprint density at radius 3 is 2.75 bits per heavy atom. The highest BCUT2D eigenvalue weighted by atomic mass is 16.5. The Labute approximate surface area is 165 Å². The third kappa shape index (κ3) is 6.87. The van der Waals surface area contributed by atoms with E-state index in [2.05, 4.69) is 5.32 Å². The first-order chi connectivity index (χ1) is 13.4. The summed E-state index contributed by atoms with van der Waals surface area (Å²) in [6.45, 7) is 3.14. The molecule has 1 aliphatic rings. The number of nitriles is 1. The molecule has 8 nitrogen and oxygen atoms in total. The first-order valence-electron chi connectivity index (χ1n) is 9.38. The summed E-state index contributed by atoms with van der Waals surface area (Å²) in [5.41, 5.74) is 1.95. The Hall–Kier alpha value is -2.57. The highest BCUT2D eigenvalue weighted by molar-refractivity contribution is 6.43. The molecule has 1 heterocycles. The minimum absolute atomic E-state index is 0.00302. The van der Waals surface area contributed by atoms with Crippen molar-refractivity contribution in [3.63, 3.8) is 0 Å². The number of hydrogen-bond donors (Lipinski definition) is 3. The molecule has 2 rings (SSSR count). The van der Waals surface area contributed by atoms with Gasteiger partial charge in [0.05, 0.1) is 18.6 Å². The normalized spacial score (nSPS) is 17.4. The van der Waals surface area contributed by atoms with Gasteiger partial charge in [0.15, 0.2) is 0 Å². The molecule has 9 heteroatoms. The van der Waals surface area contributed by atoms with E-state index in [9.17, 15) is 19.6 Å². The topological polar surface area (TPSA) is 123 Å². The second kappa shape index (κ2) is 10.7. The average Bonchev–Trinajstić information content (AvgIpc) is 2.68. The Balaban J connectivity index is 1.81. The zero-order chi connectivity index (χ0) is 20.5. The summed E-state index contributed by atoms with van der Waals surface area (Å²) in [5.74, 6) is -1.11. The van der Waals surface area contributed by atoms with Gasteiger partial charge in [-0.1, -0.05) is 29.8 Å². The number of nitrogens with one attached hydrogen (secondary N) is 1. The minimum Gasteiger partial charge on any atom is -0.449 e. The van der Waals surface area contributed by atoms with Gasteiger partial charge < -0.3 is 25.0 Å². The maximum absolute atomic E-state index is 12.1. The fourth-order valence-electron chi connectivity index (χ4n) is 3.20. The molecule has 1 fully saturated rings. The highest BCUT2D eigenvalue weighted by Crippen LogP contribution is 2.17. The van der Waals surface area contributed by atoms with Gasteiger partial charge in [-0.3, -0.25) is 4.79 Å². The number of alkyl carbamates (subject to hydrolysis) is 1. The Morgan fingerprint density at radius 2 is 2.11 bits per heavy atom. The van der Waals surface area contributed by atoms with Crippen LogP contribution in [0.4, 0.5) is 4.79 Å². The van der Waals surface area contributed by atoms with Crippen molar-refractivity contribution >= 4 is 19.1 Å². The molecule has 0 radical (unpaired) electrons. The van der Waals surface area contributed by atoms with Crippen molar-refractivity contribution in [2.24, 2.45) is 5.92 Å². The van der Waals surface area contributed by atoms with Gasteiger partial charge in [0, 0.05) is 19.0 Å². The number of aryl methyl sites for hydroxylation is 1. The number of hydrogen-bond acceptors (Lipinski definition) is 6. The van der Waals surface area contributed by atoms with Crippen LogP contribution < -0.4 is 5.32 Å². The van der Waals surface area contributed by atoms with Crippen LogP contribution in [0, 0.1) is 24.2 Å². The lowest BCUT2D eigenvalue weighted by atomic mass is 9.76. The fourth-order valence-corrected chi connectivity index (χ4v) is 3.20. The van der Waals surface area contributed by atoms with E-state index in [0.717, 1.165) is 24.0 Å². The van der Waals surface area contributed by atoms with Crippen molar-refractivity contribution in [2.75, 3.05) is 19.7 Å². The number of piperidine rings is 1. The molecule has 1 aromatic carbocycles. The van der Waals surface area contributed by atoms with Crippen LogP contribution in [0.3, 0.4) is 0 Å². The van der Waals surface area contributed by atoms with E-state index in [-0.39, 0.29) is 31.3 Å². The summed E-state index contributed by atoms with van der Waals surface area (Å²) in [6, 6.07) is 9.41. The predicted octanol–water partition coefficient (Wildman–Crippen LogP) is 0.797. The number of likely N-dealkylation sites (tertiary alicyclic amines) is 1. The average molecular weight is 387 g/mol. The molecule has 2 unspecified atom stereocenters. The largest absolute Gasteiger partial charge is 0.475 e. The van der Waals surface area contributed by atoms with E-state index in [1.165, 1.54) is 0 Å². The third-order valence-corrected chi connectivity index (χ3v) is 4.79. The molecule has 1 saturated heterocycles. The van der Waals surface area contributed by atoms with Gasteiger partial charge in [0.25, 0.3) is 0 Å². The lowest BCUT2D eigenvalue weighted by Gasteiger charge is -2.32. The Morgan fingerprint density at radius 1 is 1.39 bits per heavy atom. The van der Waals surface area contributed by atoms with Crippen LogP contribution in [-0.2, 0) is 16.0 Å². The van der Waals surface area contributed by atoms with Gasteiger partial charge in [-0.15, -0.1) is 0 Å². The minimum atomic E-state index is -1.72. The van der Waals surface area contributed by atoms with Crippen LogP contribution in [-0.4, -0.2) is 59.7 Å². The molecule has 1 aromatic rings. The molecular formula is C19H26BN3O5.